The molecular formula is C20H30N4O2S. The fourth-order valence-electron chi connectivity index (χ4n) is 2.59. The van der Waals surface area contributed by atoms with Crippen LogP contribution in [0.2, 0.25) is 0 Å². The van der Waals surface area contributed by atoms with E-state index >= 15 is 0 Å². The lowest BCUT2D eigenvalue weighted by atomic mass is 10.1. The highest BCUT2D eigenvalue weighted by Crippen LogP contribution is 2.21. The highest BCUT2D eigenvalue weighted by molar-refractivity contribution is 7.09. The molecule has 0 radical (unpaired) electrons. The van der Waals surface area contributed by atoms with Crippen molar-refractivity contribution in [2.45, 2.75) is 32.9 Å². The predicted molar refractivity (Wildman–Crippen MR) is 112 cm³/mol. The van der Waals surface area contributed by atoms with Crippen molar-refractivity contribution in [1.82, 2.24) is 15.2 Å². The highest BCUT2D eigenvalue weighted by Gasteiger charge is 2.12. The molecule has 0 aliphatic carbocycles. The van der Waals surface area contributed by atoms with Crippen LogP contribution in [0.4, 0.5) is 0 Å². The summed E-state index contributed by atoms with van der Waals surface area (Å²) in [6.07, 6.45) is 0.894. The first-order chi connectivity index (χ1) is 13.1. The second-order valence-corrected chi connectivity index (χ2v) is 7.14. The third kappa shape index (κ3) is 6.52. The SMILES string of the molecule is CCNC(=NCCc1cccc(OC)c1)N(C)Cc1csc(C(C)OC)n1. The summed E-state index contributed by atoms with van der Waals surface area (Å²) in [4.78, 5) is 11.5. The van der Waals surface area contributed by atoms with Gasteiger partial charge >= 0.3 is 0 Å². The second kappa shape index (κ2) is 10.9. The van der Waals surface area contributed by atoms with Crippen LogP contribution >= 0.6 is 11.3 Å². The fraction of sp³-hybridized carbons (Fsp3) is 0.500. The van der Waals surface area contributed by atoms with Gasteiger partial charge in [0.05, 0.1) is 19.3 Å². The molecule has 1 atom stereocenters. The molecule has 1 N–H and O–H groups in total. The van der Waals surface area contributed by atoms with Crippen LogP contribution in [0.3, 0.4) is 0 Å². The van der Waals surface area contributed by atoms with Crippen LogP contribution in [0.5, 0.6) is 5.75 Å². The van der Waals surface area contributed by atoms with Crippen molar-refractivity contribution < 1.29 is 9.47 Å². The van der Waals surface area contributed by atoms with Gasteiger partial charge in [0, 0.05) is 32.6 Å². The van der Waals surface area contributed by atoms with Crippen LogP contribution in [0, 0.1) is 0 Å². The van der Waals surface area contributed by atoms with Crippen molar-refractivity contribution in [3.8, 4) is 5.75 Å². The molecule has 2 rings (SSSR count). The molecular weight excluding hydrogens is 360 g/mol. The van der Waals surface area contributed by atoms with E-state index in [9.17, 15) is 0 Å². The van der Waals surface area contributed by atoms with Crippen LogP contribution in [-0.2, 0) is 17.7 Å². The molecule has 27 heavy (non-hydrogen) atoms. The molecule has 1 unspecified atom stereocenters. The Kier molecular flexibility index (Phi) is 8.54. The summed E-state index contributed by atoms with van der Waals surface area (Å²) >= 11 is 1.63. The van der Waals surface area contributed by atoms with Crippen LogP contribution < -0.4 is 10.1 Å². The van der Waals surface area contributed by atoms with Gasteiger partial charge in [-0.2, -0.15) is 0 Å². The zero-order valence-electron chi connectivity index (χ0n) is 16.9. The van der Waals surface area contributed by atoms with Gasteiger partial charge in [0.1, 0.15) is 16.9 Å². The third-order valence-electron chi connectivity index (χ3n) is 4.16. The van der Waals surface area contributed by atoms with Crippen LogP contribution in [0.1, 0.15) is 36.2 Å². The van der Waals surface area contributed by atoms with Gasteiger partial charge in [-0.3, -0.25) is 4.99 Å². The van der Waals surface area contributed by atoms with Gasteiger partial charge < -0.3 is 19.7 Å². The Morgan fingerprint density at radius 2 is 2.19 bits per heavy atom. The molecule has 1 aromatic heterocycles. The van der Waals surface area contributed by atoms with Crippen molar-refractivity contribution in [1.29, 1.82) is 0 Å². The lowest BCUT2D eigenvalue weighted by molar-refractivity contribution is 0.119. The van der Waals surface area contributed by atoms with Crippen molar-refractivity contribution in [2.24, 2.45) is 4.99 Å². The van der Waals surface area contributed by atoms with Gasteiger partial charge in [-0.15, -0.1) is 11.3 Å². The number of nitrogens with one attached hydrogen (secondary N) is 1. The standard InChI is InChI=1S/C20H30N4O2S/c1-6-21-20(22-11-10-16-8-7-9-18(12-16)26-5)24(3)13-17-14-27-19(23-17)15(2)25-4/h7-9,12,14-15H,6,10-11,13H2,1-5H3,(H,21,22). The molecule has 0 spiro atoms. The summed E-state index contributed by atoms with van der Waals surface area (Å²) in [7, 11) is 5.43. The predicted octanol–water partition coefficient (Wildman–Crippen LogP) is 3.50. The zero-order chi connectivity index (χ0) is 19.6. The third-order valence-corrected chi connectivity index (χ3v) is 5.22. The number of aliphatic imine (C=N–C) groups is 1. The normalized spacial score (nSPS) is 12.7. The number of ether oxygens (including phenoxy) is 2. The molecule has 0 aliphatic rings. The Balaban J connectivity index is 1.97. The summed E-state index contributed by atoms with van der Waals surface area (Å²) in [6, 6.07) is 8.12. The van der Waals surface area contributed by atoms with Gasteiger partial charge in [-0.1, -0.05) is 12.1 Å². The van der Waals surface area contributed by atoms with Gasteiger partial charge in [0.15, 0.2) is 5.96 Å². The first-order valence-electron chi connectivity index (χ1n) is 9.16. The van der Waals surface area contributed by atoms with E-state index < -0.39 is 0 Å². The van der Waals surface area contributed by atoms with Crippen LogP contribution in [0.25, 0.3) is 0 Å². The Morgan fingerprint density at radius 1 is 1.37 bits per heavy atom. The molecule has 0 saturated heterocycles. The topological polar surface area (TPSA) is 59.0 Å². The Labute approximate surface area is 166 Å². The molecule has 2 aromatic rings. The van der Waals surface area contributed by atoms with Gasteiger partial charge in [0.25, 0.3) is 0 Å². The van der Waals surface area contributed by atoms with E-state index in [0.29, 0.717) is 13.1 Å². The monoisotopic (exact) mass is 390 g/mol. The number of methoxy groups -OCH3 is 2. The molecule has 1 heterocycles. The van der Waals surface area contributed by atoms with Crippen molar-refractivity contribution in [3.63, 3.8) is 0 Å². The summed E-state index contributed by atoms with van der Waals surface area (Å²) in [5.41, 5.74) is 2.24. The van der Waals surface area contributed by atoms with Crippen LogP contribution in [-0.4, -0.2) is 50.2 Å². The van der Waals surface area contributed by atoms with E-state index in [1.165, 1.54) is 5.56 Å². The minimum Gasteiger partial charge on any atom is -0.497 e. The summed E-state index contributed by atoms with van der Waals surface area (Å²) < 4.78 is 10.6. The average molecular weight is 391 g/mol. The fourth-order valence-corrected chi connectivity index (χ4v) is 3.43. The number of nitrogens with zero attached hydrogens (tertiary/aromatic N) is 3. The maximum Gasteiger partial charge on any atom is 0.194 e. The van der Waals surface area contributed by atoms with E-state index in [1.807, 2.05) is 26.1 Å². The maximum absolute atomic E-state index is 5.34. The number of rotatable bonds is 9. The summed E-state index contributed by atoms with van der Waals surface area (Å²) in [5, 5.41) is 6.44. The Hall–Kier alpha value is -2.12. The molecule has 0 aliphatic heterocycles. The van der Waals surface area contributed by atoms with Crippen molar-refractivity contribution in [2.75, 3.05) is 34.4 Å². The van der Waals surface area contributed by atoms with Gasteiger partial charge in [-0.25, -0.2) is 4.98 Å². The number of hydrogen-bond acceptors (Lipinski definition) is 5. The molecule has 6 nitrogen and oxygen atoms in total. The van der Waals surface area contributed by atoms with E-state index in [0.717, 1.165) is 35.4 Å². The molecule has 0 bridgehead atoms. The van der Waals surface area contributed by atoms with E-state index in [4.69, 9.17) is 14.5 Å². The first-order valence-corrected chi connectivity index (χ1v) is 10.0. The first kappa shape index (κ1) is 21.2. The van der Waals surface area contributed by atoms with Crippen molar-refractivity contribution in [3.05, 3.63) is 45.9 Å². The lowest BCUT2D eigenvalue weighted by Gasteiger charge is -2.21. The lowest BCUT2D eigenvalue weighted by Crippen LogP contribution is -2.38. The molecule has 0 amide bonds. The summed E-state index contributed by atoms with van der Waals surface area (Å²) in [5.74, 6) is 1.76. The second-order valence-electron chi connectivity index (χ2n) is 6.25. The van der Waals surface area contributed by atoms with Crippen LogP contribution in [0.15, 0.2) is 34.6 Å². The van der Waals surface area contributed by atoms with Crippen molar-refractivity contribution >= 4 is 17.3 Å². The average Bonchev–Trinajstić information content (AvgIpc) is 3.15. The Bertz CT molecular complexity index is 732. The van der Waals surface area contributed by atoms with Gasteiger partial charge in [-0.05, 0) is 38.0 Å². The minimum atomic E-state index is 0.0267. The number of benzene rings is 1. The number of aromatic nitrogens is 1. The van der Waals surface area contributed by atoms with E-state index in [1.54, 1.807) is 25.6 Å². The largest absolute Gasteiger partial charge is 0.497 e. The number of guanidine groups is 1. The molecule has 148 valence electrons. The number of thiazole rings is 1. The molecule has 7 heteroatoms. The molecule has 0 saturated carbocycles. The molecule has 1 aromatic carbocycles. The summed E-state index contributed by atoms with van der Waals surface area (Å²) in [6.45, 7) is 6.33. The van der Waals surface area contributed by atoms with E-state index in [-0.39, 0.29) is 6.10 Å². The Morgan fingerprint density at radius 3 is 2.89 bits per heavy atom. The minimum absolute atomic E-state index is 0.0267. The zero-order valence-corrected chi connectivity index (χ0v) is 17.7. The van der Waals surface area contributed by atoms with Gasteiger partial charge in [0.2, 0.25) is 0 Å². The molecule has 0 fully saturated rings. The highest BCUT2D eigenvalue weighted by atomic mass is 32.1. The maximum atomic E-state index is 5.34. The number of hydrogen-bond donors (Lipinski definition) is 1. The smallest absolute Gasteiger partial charge is 0.194 e. The quantitative estimate of drug-likeness (QED) is 0.525. The van der Waals surface area contributed by atoms with E-state index in [2.05, 4.69) is 39.6 Å².